The molecule has 2 aliphatic rings. The maximum absolute atomic E-state index is 13.3. The first kappa shape index (κ1) is 20.9. The van der Waals surface area contributed by atoms with Crippen LogP contribution in [-0.2, 0) is 28.9 Å². The molecule has 2 fully saturated rings. The number of amides is 2. The first-order valence-corrected chi connectivity index (χ1v) is 9.69. The Morgan fingerprint density at radius 3 is 2.06 bits per heavy atom. The zero-order chi connectivity index (χ0) is 22.2. The maximum atomic E-state index is 13.3. The Hall–Kier alpha value is -3.38. The van der Waals surface area contributed by atoms with Crippen LogP contribution in [0.5, 0.6) is 0 Å². The summed E-state index contributed by atoms with van der Waals surface area (Å²) in [6.45, 7) is 0.784. The average molecular weight is 428 g/mol. The highest BCUT2D eigenvalue weighted by Gasteiger charge is 2.56. The number of benzene rings is 2. The van der Waals surface area contributed by atoms with Gasteiger partial charge in [0.25, 0.3) is 5.91 Å². The number of piperazine rings is 1. The van der Waals surface area contributed by atoms with Gasteiger partial charge in [-0.05, 0) is 35.4 Å². The standard InChI is InChI=1S/C22H19F3N4O2/c23-22(24,25)18-7-5-17(6-8-18)11-29-19(30)12-28(20(31)21(29)13-27-14-21)10-16-3-1-15(9-26)2-4-16/h1-8,27H,10-14H2. The number of alkyl halides is 3. The minimum Gasteiger partial charge on any atom is -0.327 e. The van der Waals surface area contributed by atoms with Crippen molar-refractivity contribution < 1.29 is 22.8 Å². The molecule has 0 unspecified atom stereocenters. The Morgan fingerprint density at radius 2 is 1.55 bits per heavy atom. The molecule has 6 nitrogen and oxygen atoms in total. The molecule has 31 heavy (non-hydrogen) atoms. The molecule has 9 heteroatoms. The van der Waals surface area contributed by atoms with Crippen molar-refractivity contribution in [2.75, 3.05) is 19.6 Å². The predicted octanol–water partition coefficient (Wildman–Crippen LogP) is 2.29. The second-order valence-electron chi connectivity index (χ2n) is 7.78. The summed E-state index contributed by atoms with van der Waals surface area (Å²) in [7, 11) is 0. The molecular formula is C22H19F3N4O2. The number of nitriles is 1. The summed E-state index contributed by atoms with van der Waals surface area (Å²) in [6.07, 6.45) is -4.43. The lowest BCUT2D eigenvalue weighted by Crippen LogP contribution is -2.79. The van der Waals surface area contributed by atoms with Crippen LogP contribution in [0.1, 0.15) is 22.3 Å². The minimum absolute atomic E-state index is 0.0646. The van der Waals surface area contributed by atoms with Gasteiger partial charge in [-0.15, -0.1) is 0 Å². The van der Waals surface area contributed by atoms with E-state index < -0.39 is 17.3 Å². The molecule has 2 aliphatic heterocycles. The van der Waals surface area contributed by atoms with Crippen LogP contribution in [0, 0.1) is 11.3 Å². The molecule has 4 rings (SSSR count). The fourth-order valence-corrected chi connectivity index (χ4v) is 3.93. The lowest BCUT2D eigenvalue weighted by atomic mass is 9.85. The average Bonchev–Trinajstić information content (AvgIpc) is 2.71. The van der Waals surface area contributed by atoms with E-state index >= 15 is 0 Å². The van der Waals surface area contributed by atoms with Crippen molar-refractivity contribution in [3.8, 4) is 6.07 Å². The monoisotopic (exact) mass is 428 g/mol. The van der Waals surface area contributed by atoms with Crippen LogP contribution in [0.3, 0.4) is 0 Å². The van der Waals surface area contributed by atoms with Crippen molar-refractivity contribution in [1.29, 1.82) is 5.26 Å². The molecule has 0 bridgehead atoms. The topological polar surface area (TPSA) is 76.4 Å². The molecule has 160 valence electrons. The van der Waals surface area contributed by atoms with Gasteiger partial charge in [0.05, 0.1) is 17.2 Å². The second kappa shape index (κ2) is 7.71. The SMILES string of the molecule is N#Cc1ccc(CN2CC(=O)N(Cc3ccc(C(F)(F)F)cc3)C3(CNC3)C2=O)cc1. The van der Waals surface area contributed by atoms with Crippen molar-refractivity contribution in [1.82, 2.24) is 15.1 Å². The van der Waals surface area contributed by atoms with Gasteiger partial charge in [-0.1, -0.05) is 24.3 Å². The van der Waals surface area contributed by atoms with E-state index in [4.69, 9.17) is 5.26 Å². The third-order valence-corrected chi connectivity index (χ3v) is 5.74. The van der Waals surface area contributed by atoms with Crippen LogP contribution in [-0.4, -0.2) is 46.8 Å². The van der Waals surface area contributed by atoms with E-state index in [0.29, 0.717) is 24.2 Å². The van der Waals surface area contributed by atoms with Gasteiger partial charge in [-0.3, -0.25) is 9.59 Å². The van der Waals surface area contributed by atoms with Gasteiger partial charge in [-0.25, -0.2) is 0 Å². The van der Waals surface area contributed by atoms with Gasteiger partial charge < -0.3 is 15.1 Å². The van der Waals surface area contributed by atoms with Gasteiger partial charge in [0.15, 0.2) is 0 Å². The third kappa shape index (κ3) is 3.86. The number of rotatable bonds is 4. The van der Waals surface area contributed by atoms with Crippen LogP contribution in [0.2, 0.25) is 0 Å². The Kier molecular flexibility index (Phi) is 5.19. The first-order chi connectivity index (χ1) is 14.7. The highest BCUT2D eigenvalue weighted by molar-refractivity contribution is 5.99. The summed E-state index contributed by atoms with van der Waals surface area (Å²) in [5, 5.41) is 12.0. The van der Waals surface area contributed by atoms with E-state index in [0.717, 1.165) is 17.7 Å². The van der Waals surface area contributed by atoms with Crippen LogP contribution >= 0.6 is 0 Å². The predicted molar refractivity (Wildman–Crippen MR) is 104 cm³/mol. The van der Waals surface area contributed by atoms with Crippen LogP contribution in [0.15, 0.2) is 48.5 Å². The zero-order valence-electron chi connectivity index (χ0n) is 16.4. The van der Waals surface area contributed by atoms with Crippen molar-refractivity contribution in [2.24, 2.45) is 0 Å². The molecule has 0 radical (unpaired) electrons. The van der Waals surface area contributed by atoms with E-state index in [1.165, 1.54) is 21.9 Å². The molecule has 0 aliphatic carbocycles. The molecule has 2 heterocycles. The first-order valence-electron chi connectivity index (χ1n) is 9.69. The van der Waals surface area contributed by atoms with Crippen molar-refractivity contribution in [3.05, 3.63) is 70.8 Å². The molecule has 2 saturated heterocycles. The number of hydrogen-bond acceptors (Lipinski definition) is 4. The minimum atomic E-state index is -4.43. The second-order valence-corrected chi connectivity index (χ2v) is 7.78. The fourth-order valence-electron chi connectivity index (χ4n) is 3.93. The van der Waals surface area contributed by atoms with Gasteiger partial charge in [0.1, 0.15) is 12.1 Å². The van der Waals surface area contributed by atoms with E-state index in [1.807, 2.05) is 6.07 Å². The number of carbonyl (C=O) groups excluding carboxylic acids is 2. The van der Waals surface area contributed by atoms with E-state index in [9.17, 15) is 22.8 Å². The maximum Gasteiger partial charge on any atom is 0.416 e. The molecule has 1 N–H and O–H groups in total. The van der Waals surface area contributed by atoms with Crippen LogP contribution in [0.4, 0.5) is 13.2 Å². The molecular weight excluding hydrogens is 409 g/mol. The molecule has 2 aromatic rings. The summed E-state index contributed by atoms with van der Waals surface area (Å²) < 4.78 is 38.4. The normalized spacial score (nSPS) is 18.1. The number of carbonyl (C=O) groups is 2. The Balaban J connectivity index is 1.52. The van der Waals surface area contributed by atoms with Crippen molar-refractivity contribution in [3.63, 3.8) is 0 Å². The molecule has 0 saturated carbocycles. The quantitative estimate of drug-likeness (QED) is 0.811. The highest BCUT2D eigenvalue weighted by atomic mass is 19.4. The van der Waals surface area contributed by atoms with E-state index in [-0.39, 0.29) is 31.4 Å². The summed E-state index contributed by atoms with van der Waals surface area (Å²) >= 11 is 0. The van der Waals surface area contributed by atoms with E-state index in [1.54, 1.807) is 24.3 Å². The number of nitrogens with one attached hydrogen (secondary N) is 1. The molecule has 0 atom stereocenters. The van der Waals surface area contributed by atoms with Gasteiger partial charge >= 0.3 is 6.18 Å². The largest absolute Gasteiger partial charge is 0.416 e. The Bertz CT molecular complexity index is 1040. The Morgan fingerprint density at radius 1 is 0.968 bits per heavy atom. The van der Waals surface area contributed by atoms with Gasteiger partial charge in [-0.2, -0.15) is 18.4 Å². The number of halogens is 3. The van der Waals surface area contributed by atoms with Crippen molar-refractivity contribution >= 4 is 11.8 Å². The third-order valence-electron chi connectivity index (χ3n) is 5.74. The smallest absolute Gasteiger partial charge is 0.327 e. The molecule has 2 aromatic carbocycles. The summed E-state index contributed by atoms with van der Waals surface area (Å²) in [5.41, 5.74) is 0.0442. The summed E-state index contributed by atoms with van der Waals surface area (Å²) in [6, 6.07) is 13.5. The van der Waals surface area contributed by atoms with E-state index in [2.05, 4.69) is 5.32 Å². The number of hydrogen-bond donors (Lipinski definition) is 1. The number of nitrogens with zero attached hydrogens (tertiary/aromatic N) is 3. The molecule has 0 aromatic heterocycles. The lowest BCUT2D eigenvalue weighted by Gasteiger charge is -2.54. The zero-order valence-corrected chi connectivity index (χ0v) is 16.4. The van der Waals surface area contributed by atoms with Crippen LogP contribution < -0.4 is 5.32 Å². The van der Waals surface area contributed by atoms with Crippen molar-refractivity contribution in [2.45, 2.75) is 24.8 Å². The molecule has 2 amide bonds. The van der Waals surface area contributed by atoms with Gasteiger partial charge in [0.2, 0.25) is 5.91 Å². The fraction of sp³-hybridized carbons (Fsp3) is 0.318. The summed E-state index contributed by atoms with van der Waals surface area (Å²) in [4.78, 5) is 29.2. The van der Waals surface area contributed by atoms with Gasteiger partial charge in [0, 0.05) is 26.2 Å². The van der Waals surface area contributed by atoms with Crippen LogP contribution in [0.25, 0.3) is 0 Å². The lowest BCUT2D eigenvalue weighted by molar-refractivity contribution is -0.170. The highest BCUT2D eigenvalue weighted by Crippen LogP contribution is 2.32. The summed E-state index contributed by atoms with van der Waals surface area (Å²) in [5.74, 6) is -0.447. The Labute approximate surface area is 176 Å². The molecule has 1 spiro atoms.